The van der Waals surface area contributed by atoms with E-state index < -0.39 is 12.1 Å². The van der Waals surface area contributed by atoms with Crippen LogP contribution in [0.4, 0.5) is 5.69 Å². The highest BCUT2D eigenvalue weighted by Gasteiger charge is 2.50. The Morgan fingerprint density at radius 2 is 1.61 bits per heavy atom. The van der Waals surface area contributed by atoms with E-state index in [1.54, 1.807) is 48.5 Å². The zero-order chi connectivity index (χ0) is 22.1. The standard InChI is InChI=1S/C25H25NO5/c1-15-11-12-20-21(13-15)24(29)26(23(20)28)19-10-6-9-18(14-19)25(30)31-16(2)22(27)17-7-4-3-5-8-17/h3-10,14-16,20-21H,11-13H2,1-2H3/t15-,16-,20+,21-/m1/s1. The van der Waals surface area contributed by atoms with Crippen LogP contribution in [0.1, 0.15) is 53.8 Å². The van der Waals surface area contributed by atoms with Gasteiger partial charge in [0.25, 0.3) is 0 Å². The maximum absolute atomic E-state index is 12.9. The number of benzene rings is 2. The lowest BCUT2D eigenvalue weighted by Crippen LogP contribution is -2.31. The van der Waals surface area contributed by atoms with Crippen molar-refractivity contribution < 1.29 is 23.9 Å². The van der Waals surface area contributed by atoms with Crippen LogP contribution in [0.25, 0.3) is 0 Å². The summed E-state index contributed by atoms with van der Waals surface area (Å²) in [5.74, 6) is -1.50. The minimum Gasteiger partial charge on any atom is -0.451 e. The molecule has 2 amide bonds. The Balaban J connectivity index is 1.50. The summed E-state index contributed by atoms with van der Waals surface area (Å²) in [7, 11) is 0. The lowest BCUT2D eigenvalue weighted by molar-refractivity contribution is -0.122. The second kappa shape index (κ2) is 8.46. The molecule has 1 aliphatic heterocycles. The second-order valence-corrected chi connectivity index (χ2v) is 8.47. The molecule has 2 aromatic rings. The highest BCUT2D eigenvalue weighted by molar-refractivity contribution is 6.22. The van der Waals surface area contributed by atoms with E-state index in [-0.39, 0.29) is 35.0 Å². The molecular weight excluding hydrogens is 394 g/mol. The Labute approximate surface area is 181 Å². The van der Waals surface area contributed by atoms with Crippen molar-refractivity contribution in [2.75, 3.05) is 4.90 Å². The number of hydrogen-bond acceptors (Lipinski definition) is 5. The van der Waals surface area contributed by atoms with E-state index in [1.165, 1.54) is 17.9 Å². The van der Waals surface area contributed by atoms with Gasteiger partial charge in [0.2, 0.25) is 17.6 Å². The zero-order valence-electron chi connectivity index (χ0n) is 17.6. The number of hydrogen-bond donors (Lipinski definition) is 0. The Kier molecular flexibility index (Phi) is 5.72. The van der Waals surface area contributed by atoms with Crippen LogP contribution in [0.3, 0.4) is 0 Å². The number of ether oxygens (including phenoxy) is 1. The number of nitrogens with zero attached hydrogens (tertiary/aromatic N) is 1. The molecule has 1 saturated carbocycles. The van der Waals surface area contributed by atoms with E-state index in [9.17, 15) is 19.2 Å². The van der Waals surface area contributed by atoms with Crippen LogP contribution in [0.5, 0.6) is 0 Å². The van der Waals surface area contributed by atoms with Crippen LogP contribution in [0.2, 0.25) is 0 Å². The summed E-state index contributed by atoms with van der Waals surface area (Å²) in [5.41, 5.74) is 1.02. The Bertz CT molecular complexity index is 1030. The monoisotopic (exact) mass is 419 g/mol. The van der Waals surface area contributed by atoms with Gasteiger partial charge < -0.3 is 4.74 Å². The van der Waals surface area contributed by atoms with E-state index in [0.29, 0.717) is 30.0 Å². The molecule has 1 saturated heterocycles. The number of anilines is 1. The molecule has 6 nitrogen and oxygen atoms in total. The molecule has 0 radical (unpaired) electrons. The predicted molar refractivity (Wildman–Crippen MR) is 115 cm³/mol. The Morgan fingerprint density at radius 1 is 0.935 bits per heavy atom. The summed E-state index contributed by atoms with van der Waals surface area (Å²) in [6.45, 7) is 3.63. The summed E-state index contributed by atoms with van der Waals surface area (Å²) in [4.78, 5) is 52.2. The van der Waals surface area contributed by atoms with Gasteiger partial charge in [-0.3, -0.25) is 19.3 Å². The Morgan fingerprint density at radius 3 is 2.35 bits per heavy atom. The quantitative estimate of drug-likeness (QED) is 0.415. The number of Topliss-reactive ketones (excluding diaryl/α,β-unsaturated/α-hetero) is 1. The van der Waals surface area contributed by atoms with Crippen molar-refractivity contribution in [2.45, 2.75) is 39.2 Å². The fourth-order valence-electron chi connectivity index (χ4n) is 4.54. The summed E-state index contributed by atoms with van der Waals surface area (Å²) in [6, 6.07) is 14.9. The first-order chi connectivity index (χ1) is 14.9. The third-order valence-corrected chi connectivity index (χ3v) is 6.24. The van der Waals surface area contributed by atoms with Crippen LogP contribution in [-0.2, 0) is 14.3 Å². The van der Waals surface area contributed by atoms with Gasteiger partial charge in [-0.2, -0.15) is 0 Å². The summed E-state index contributed by atoms with van der Waals surface area (Å²) in [5, 5.41) is 0. The number of amides is 2. The third-order valence-electron chi connectivity index (χ3n) is 6.24. The molecule has 2 aromatic carbocycles. The fraction of sp³-hybridized carbons (Fsp3) is 0.360. The van der Waals surface area contributed by atoms with Gasteiger partial charge in [-0.05, 0) is 50.3 Å². The molecule has 0 unspecified atom stereocenters. The fourth-order valence-corrected chi connectivity index (χ4v) is 4.54. The van der Waals surface area contributed by atoms with Crippen LogP contribution in [0.15, 0.2) is 54.6 Å². The van der Waals surface area contributed by atoms with Crippen LogP contribution in [0, 0.1) is 17.8 Å². The number of carbonyl (C=O) groups excluding carboxylic acids is 4. The summed E-state index contributed by atoms with van der Waals surface area (Å²) >= 11 is 0. The van der Waals surface area contributed by atoms with Gasteiger partial charge in [0.15, 0.2) is 6.10 Å². The number of carbonyl (C=O) groups is 4. The van der Waals surface area contributed by atoms with Crippen molar-refractivity contribution in [1.29, 1.82) is 0 Å². The third kappa shape index (κ3) is 4.02. The molecule has 0 N–H and O–H groups in total. The molecule has 4 atom stereocenters. The van der Waals surface area contributed by atoms with Crippen LogP contribution < -0.4 is 4.90 Å². The van der Waals surface area contributed by atoms with E-state index in [1.807, 2.05) is 0 Å². The zero-order valence-corrected chi connectivity index (χ0v) is 17.6. The molecule has 0 aromatic heterocycles. The molecule has 1 aliphatic carbocycles. The van der Waals surface area contributed by atoms with Crippen LogP contribution in [-0.4, -0.2) is 29.7 Å². The van der Waals surface area contributed by atoms with Crippen molar-refractivity contribution in [3.05, 3.63) is 65.7 Å². The van der Waals surface area contributed by atoms with Gasteiger partial charge in [0.05, 0.1) is 23.1 Å². The van der Waals surface area contributed by atoms with E-state index in [0.717, 1.165) is 6.42 Å². The first-order valence-corrected chi connectivity index (χ1v) is 10.6. The summed E-state index contributed by atoms with van der Waals surface area (Å²) in [6.07, 6.45) is 1.41. The number of ketones is 1. The van der Waals surface area contributed by atoms with Crippen molar-refractivity contribution in [1.82, 2.24) is 0 Å². The highest BCUT2D eigenvalue weighted by atomic mass is 16.5. The topological polar surface area (TPSA) is 80.8 Å². The van der Waals surface area contributed by atoms with Gasteiger partial charge >= 0.3 is 5.97 Å². The van der Waals surface area contributed by atoms with Crippen molar-refractivity contribution >= 4 is 29.3 Å². The molecule has 160 valence electrons. The van der Waals surface area contributed by atoms with Gasteiger partial charge in [0.1, 0.15) is 0 Å². The molecule has 31 heavy (non-hydrogen) atoms. The molecular formula is C25H25NO5. The van der Waals surface area contributed by atoms with Gasteiger partial charge in [-0.25, -0.2) is 4.79 Å². The normalized spacial score (nSPS) is 23.9. The lowest BCUT2D eigenvalue weighted by atomic mass is 9.76. The minimum atomic E-state index is -0.960. The van der Waals surface area contributed by atoms with Crippen molar-refractivity contribution in [3.63, 3.8) is 0 Å². The average Bonchev–Trinajstić information content (AvgIpc) is 3.03. The van der Waals surface area contributed by atoms with Gasteiger partial charge in [0, 0.05) is 5.56 Å². The smallest absolute Gasteiger partial charge is 0.338 e. The second-order valence-electron chi connectivity index (χ2n) is 8.47. The molecule has 2 aliphatic rings. The van der Waals surface area contributed by atoms with E-state index >= 15 is 0 Å². The molecule has 0 bridgehead atoms. The molecule has 0 spiro atoms. The maximum atomic E-state index is 12.9. The largest absolute Gasteiger partial charge is 0.451 e. The highest BCUT2D eigenvalue weighted by Crippen LogP contribution is 2.42. The van der Waals surface area contributed by atoms with E-state index in [2.05, 4.69) is 6.92 Å². The predicted octanol–water partition coefficient (Wildman–Crippen LogP) is 4.04. The first kappa shape index (κ1) is 21.0. The maximum Gasteiger partial charge on any atom is 0.338 e. The molecule has 6 heteroatoms. The molecule has 4 rings (SSSR count). The van der Waals surface area contributed by atoms with Crippen molar-refractivity contribution in [3.8, 4) is 0 Å². The van der Waals surface area contributed by atoms with E-state index in [4.69, 9.17) is 4.74 Å². The number of rotatable bonds is 5. The number of imide groups is 1. The van der Waals surface area contributed by atoms with Crippen molar-refractivity contribution in [2.24, 2.45) is 17.8 Å². The Hall–Kier alpha value is -3.28. The van der Waals surface area contributed by atoms with Gasteiger partial charge in [-0.15, -0.1) is 0 Å². The SMILES string of the molecule is C[C@@H]1CC[C@@H]2C(=O)N(c3cccc(C(=O)O[C@H](C)C(=O)c4ccccc4)c3)C(=O)[C@@H]2C1. The molecule has 1 heterocycles. The lowest BCUT2D eigenvalue weighted by Gasteiger charge is -2.25. The van der Waals surface area contributed by atoms with Crippen LogP contribution >= 0.6 is 0 Å². The molecule has 2 fully saturated rings. The number of fused-ring (bicyclic) bond motifs is 1. The average molecular weight is 419 g/mol. The summed E-state index contributed by atoms with van der Waals surface area (Å²) < 4.78 is 5.36. The van der Waals surface area contributed by atoms with Gasteiger partial charge in [-0.1, -0.05) is 43.3 Å². The minimum absolute atomic E-state index is 0.189. The number of esters is 1. The first-order valence-electron chi connectivity index (χ1n) is 10.6.